The Morgan fingerprint density at radius 3 is 2.91 bits per heavy atom. The highest BCUT2D eigenvalue weighted by Gasteiger charge is 2.25. The van der Waals surface area contributed by atoms with Crippen LogP contribution in [0.4, 0.5) is 11.9 Å². The molecule has 124 valence electrons. The first-order valence-corrected chi connectivity index (χ1v) is 8.72. The molecule has 0 aromatic carbocycles. The topological polar surface area (TPSA) is 66.1 Å². The molecule has 1 saturated carbocycles. The van der Waals surface area contributed by atoms with Crippen molar-refractivity contribution in [2.24, 2.45) is 11.8 Å². The van der Waals surface area contributed by atoms with Crippen molar-refractivity contribution in [2.45, 2.75) is 52.0 Å². The van der Waals surface area contributed by atoms with Crippen molar-refractivity contribution in [3.05, 3.63) is 0 Å². The lowest BCUT2D eigenvalue weighted by Gasteiger charge is -2.25. The molecule has 1 aliphatic carbocycles. The number of anilines is 2. The fourth-order valence-electron chi connectivity index (χ4n) is 3.45. The fourth-order valence-corrected chi connectivity index (χ4v) is 3.45. The number of morpholine rings is 1. The lowest BCUT2D eigenvalue weighted by molar-refractivity contribution is 0.122. The van der Waals surface area contributed by atoms with Gasteiger partial charge in [0, 0.05) is 19.1 Å². The molecule has 6 heteroatoms. The van der Waals surface area contributed by atoms with Gasteiger partial charge in [0.05, 0.1) is 13.2 Å². The zero-order valence-corrected chi connectivity index (χ0v) is 13.8. The molecule has 2 fully saturated rings. The molecule has 1 aliphatic heterocycles. The Labute approximate surface area is 133 Å². The SMILES string of the molecule is CC(C)CCC1CCC(Nc2nc(N3CCOCC3)n[nH]2)C1. The molecule has 0 spiro atoms. The van der Waals surface area contributed by atoms with Gasteiger partial charge < -0.3 is 15.0 Å². The second-order valence-corrected chi connectivity index (χ2v) is 7.07. The van der Waals surface area contributed by atoms with Crippen LogP contribution in [-0.4, -0.2) is 47.5 Å². The molecule has 3 rings (SSSR count). The zero-order chi connectivity index (χ0) is 15.4. The molecule has 2 aliphatic rings. The number of nitrogens with one attached hydrogen (secondary N) is 2. The third-order valence-corrected chi connectivity index (χ3v) is 4.80. The maximum absolute atomic E-state index is 5.36. The summed E-state index contributed by atoms with van der Waals surface area (Å²) in [5.74, 6) is 3.30. The average Bonchev–Trinajstić information content (AvgIpc) is 3.16. The summed E-state index contributed by atoms with van der Waals surface area (Å²) in [5.41, 5.74) is 0. The van der Waals surface area contributed by atoms with Gasteiger partial charge in [-0.1, -0.05) is 26.7 Å². The van der Waals surface area contributed by atoms with Crippen molar-refractivity contribution in [2.75, 3.05) is 36.5 Å². The maximum Gasteiger partial charge on any atom is 0.246 e. The van der Waals surface area contributed by atoms with Crippen LogP contribution in [0.3, 0.4) is 0 Å². The minimum atomic E-state index is 0.544. The predicted octanol–water partition coefficient (Wildman–Crippen LogP) is 2.66. The molecule has 2 heterocycles. The Hall–Kier alpha value is -1.30. The molecule has 0 bridgehead atoms. The van der Waals surface area contributed by atoms with Gasteiger partial charge in [0.25, 0.3) is 0 Å². The van der Waals surface area contributed by atoms with E-state index in [4.69, 9.17) is 4.74 Å². The molecule has 2 N–H and O–H groups in total. The summed E-state index contributed by atoms with van der Waals surface area (Å²) in [6.07, 6.45) is 6.57. The number of hydrogen-bond acceptors (Lipinski definition) is 5. The number of H-pyrrole nitrogens is 1. The summed E-state index contributed by atoms with van der Waals surface area (Å²) in [5, 5.41) is 10.9. The quantitative estimate of drug-likeness (QED) is 0.846. The van der Waals surface area contributed by atoms with Gasteiger partial charge in [0.15, 0.2) is 0 Å². The van der Waals surface area contributed by atoms with E-state index in [9.17, 15) is 0 Å². The van der Waals surface area contributed by atoms with Crippen LogP contribution in [0.15, 0.2) is 0 Å². The van der Waals surface area contributed by atoms with Gasteiger partial charge in [-0.2, -0.15) is 4.98 Å². The molecule has 22 heavy (non-hydrogen) atoms. The Kier molecular flexibility index (Phi) is 5.18. The second-order valence-electron chi connectivity index (χ2n) is 7.07. The summed E-state index contributed by atoms with van der Waals surface area (Å²) in [7, 11) is 0. The highest BCUT2D eigenvalue weighted by molar-refractivity contribution is 5.37. The largest absolute Gasteiger partial charge is 0.378 e. The van der Waals surface area contributed by atoms with Crippen molar-refractivity contribution in [3.63, 3.8) is 0 Å². The second kappa shape index (κ2) is 7.31. The molecule has 1 aromatic heterocycles. The Morgan fingerprint density at radius 2 is 2.14 bits per heavy atom. The van der Waals surface area contributed by atoms with Gasteiger partial charge in [-0.25, -0.2) is 5.10 Å². The van der Waals surface area contributed by atoms with Crippen LogP contribution in [0.1, 0.15) is 46.0 Å². The number of rotatable bonds is 6. The Balaban J connectivity index is 1.46. The fraction of sp³-hybridized carbons (Fsp3) is 0.875. The first-order valence-electron chi connectivity index (χ1n) is 8.72. The van der Waals surface area contributed by atoms with E-state index >= 15 is 0 Å². The minimum Gasteiger partial charge on any atom is -0.378 e. The lowest BCUT2D eigenvalue weighted by atomic mass is 9.96. The molecule has 2 unspecified atom stereocenters. The molecular weight excluding hydrogens is 278 g/mol. The molecular formula is C16H29N5O. The Morgan fingerprint density at radius 1 is 1.32 bits per heavy atom. The van der Waals surface area contributed by atoms with E-state index in [2.05, 4.69) is 39.2 Å². The predicted molar refractivity (Wildman–Crippen MR) is 88.2 cm³/mol. The van der Waals surface area contributed by atoms with Gasteiger partial charge in [-0.15, -0.1) is 5.10 Å². The smallest absolute Gasteiger partial charge is 0.246 e. The standard InChI is InChI=1S/C16H29N5O/c1-12(2)3-4-13-5-6-14(11-13)17-15-18-16(20-19-15)21-7-9-22-10-8-21/h12-14H,3-11H2,1-2H3,(H2,17,18,19,20). The van der Waals surface area contributed by atoms with Crippen LogP contribution < -0.4 is 10.2 Å². The molecule has 6 nitrogen and oxygen atoms in total. The van der Waals surface area contributed by atoms with E-state index in [0.717, 1.165) is 50.0 Å². The van der Waals surface area contributed by atoms with Crippen LogP contribution in [0.5, 0.6) is 0 Å². The van der Waals surface area contributed by atoms with Gasteiger partial charge in [-0.3, -0.25) is 0 Å². The Bertz CT molecular complexity index is 455. The minimum absolute atomic E-state index is 0.544. The van der Waals surface area contributed by atoms with Crippen LogP contribution in [0.2, 0.25) is 0 Å². The van der Waals surface area contributed by atoms with Gasteiger partial charge >= 0.3 is 0 Å². The maximum atomic E-state index is 5.36. The van der Waals surface area contributed by atoms with Crippen molar-refractivity contribution in [3.8, 4) is 0 Å². The van der Waals surface area contributed by atoms with Crippen molar-refractivity contribution in [1.82, 2.24) is 15.2 Å². The lowest BCUT2D eigenvalue weighted by Crippen LogP contribution is -2.36. The average molecular weight is 307 g/mol. The van der Waals surface area contributed by atoms with E-state index in [0.29, 0.717) is 6.04 Å². The summed E-state index contributed by atoms with van der Waals surface area (Å²) < 4.78 is 5.36. The summed E-state index contributed by atoms with van der Waals surface area (Å²) in [6, 6.07) is 0.544. The summed E-state index contributed by atoms with van der Waals surface area (Å²) in [6.45, 7) is 7.89. The van der Waals surface area contributed by atoms with Crippen LogP contribution in [-0.2, 0) is 4.74 Å². The first kappa shape index (κ1) is 15.6. The van der Waals surface area contributed by atoms with Crippen LogP contribution in [0.25, 0.3) is 0 Å². The van der Waals surface area contributed by atoms with E-state index in [1.54, 1.807) is 0 Å². The van der Waals surface area contributed by atoms with E-state index < -0.39 is 0 Å². The van der Waals surface area contributed by atoms with Crippen LogP contribution in [0, 0.1) is 11.8 Å². The van der Waals surface area contributed by atoms with E-state index in [-0.39, 0.29) is 0 Å². The molecule has 1 aromatic rings. The van der Waals surface area contributed by atoms with Crippen LogP contribution >= 0.6 is 0 Å². The highest BCUT2D eigenvalue weighted by atomic mass is 16.5. The van der Waals surface area contributed by atoms with Crippen molar-refractivity contribution in [1.29, 1.82) is 0 Å². The molecule has 2 atom stereocenters. The van der Waals surface area contributed by atoms with Crippen molar-refractivity contribution < 1.29 is 4.74 Å². The summed E-state index contributed by atoms with van der Waals surface area (Å²) in [4.78, 5) is 6.76. The third-order valence-electron chi connectivity index (χ3n) is 4.80. The normalized spacial score (nSPS) is 25.9. The number of hydrogen-bond donors (Lipinski definition) is 2. The van der Waals surface area contributed by atoms with E-state index in [1.165, 1.54) is 32.1 Å². The highest BCUT2D eigenvalue weighted by Crippen LogP contribution is 2.31. The van der Waals surface area contributed by atoms with E-state index in [1.807, 2.05) is 0 Å². The number of ether oxygens (including phenoxy) is 1. The first-order chi connectivity index (χ1) is 10.7. The monoisotopic (exact) mass is 307 g/mol. The van der Waals surface area contributed by atoms with Crippen molar-refractivity contribution >= 4 is 11.9 Å². The number of aromatic amines is 1. The molecule has 0 amide bonds. The van der Waals surface area contributed by atoms with Gasteiger partial charge in [0.1, 0.15) is 0 Å². The zero-order valence-electron chi connectivity index (χ0n) is 13.8. The van der Waals surface area contributed by atoms with Gasteiger partial charge in [-0.05, 0) is 31.1 Å². The number of aromatic nitrogens is 3. The van der Waals surface area contributed by atoms with Gasteiger partial charge in [0.2, 0.25) is 11.9 Å². The third kappa shape index (κ3) is 4.12. The molecule has 1 saturated heterocycles. The number of nitrogens with zero attached hydrogens (tertiary/aromatic N) is 3. The summed E-state index contributed by atoms with van der Waals surface area (Å²) >= 11 is 0. The molecule has 0 radical (unpaired) electrons.